The number of nitrogens with zero attached hydrogens (tertiary/aromatic N) is 3. The van der Waals surface area contributed by atoms with Crippen LogP contribution in [0.5, 0.6) is 0 Å². The molecule has 2 N–H and O–H groups in total. The Morgan fingerprint density at radius 1 is 1.42 bits per heavy atom. The van der Waals surface area contributed by atoms with Crippen molar-refractivity contribution >= 4 is 0 Å². The zero-order chi connectivity index (χ0) is 13.8. The highest BCUT2D eigenvalue weighted by Gasteiger charge is 2.26. The largest absolute Gasteiger partial charge is 0.329 e. The molecule has 106 valence electrons. The molecule has 0 amide bonds. The fourth-order valence-corrected chi connectivity index (χ4v) is 2.87. The van der Waals surface area contributed by atoms with Crippen molar-refractivity contribution in [1.29, 1.82) is 0 Å². The maximum atomic E-state index is 6.00. The molecular weight excluding hydrogens is 236 g/mol. The van der Waals surface area contributed by atoms with Gasteiger partial charge in [-0.1, -0.05) is 6.07 Å². The summed E-state index contributed by atoms with van der Waals surface area (Å²) in [4.78, 5) is 9.24. The van der Waals surface area contributed by atoms with Crippen molar-refractivity contribution in [2.45, 2.75) is 31.8 Å². The molecule has 1 saturated heterocycles. The smallest absolute Gasteiger partial charge is 0.0485 e. The van der Waals surface area contributed by atoms with Crippen molar-refractivity contribution in [1.82, 2.24) is 14.8 Å². The Morgan fingerprint density at radius 3 is 2.63 bits per heavy atom. The molecule has 0 saturated carbocycles. The number of pyridine rings is 1. The number of aromatic nitrogens is 1. The van der Waals surface area contributed by atoms with E-state index in [1.165, 1.54) is 31.5 Å². The molecule has 2 heterocycles. The van der Waals surface area contributed by atoms with Gasteiger partial charge in [-0.15, -0.1) is 0 Å². The molecule has 1 aliphatic rings. The zero-order valence-corrected chi connectivity index (χ0v) is 12.3. The van der Waals surface area contributed by atoms with Crippen LogP contribution >= 0.6 is 0 Å². The minimum Gasteiger partial charge on any atom is -0.329 e. The molecule has 4 nitrogen and oxygen atoms in total. The van der Waals surface area contributed by atoms with Gasteiger partial charge >= 0.3 is 0 Å². The number of likely N-dealkylation sites (tertiary alicyclic amines) is 1. The lowest BCUT2D eigenvalue weighted by molar-refractivity contribution is 0.109. The molecule has 0 spiro atoms. The van der Waals surface area contributed by atoms with Crippen LogP contribution in [-0.4, -0.2) is 54.6 Å². The summed E-state index contributed by atoms with van der Waals surface area (Å²) in [7, 11) is 4.40. The van der Waals surface area contributed by atoms with Crippen molar-refractivity contribution in [2.24, 2.45) is 5.73 Å². The third-order valence-corrected chi connectivity index (χ3v) is 4.30. The number of hydrogen-bond donors (Lipinski definition) is 1. The van der Waals surface area contributed by atoms with Crippen LogP contribution in [-0.2, 0) is 0 Å². The number of piperidine rings is 1. The van der Waals surface area contributed by atoms with E-state index in [-0.39, 0.29) is 6.04 Å². The quantitative estimate of drug-likeness (QED) is 0.891. The summed E-state index contributed by atoms with van der Waals surface area (Å²) in [5, 5.41) is 0. The standard InChI is InChI=1S/C15H26N4/c1-12-4-5-13(11-17-12)15(10-16)19(3)14-6-8-18(2)9-7-14/h4-5,11,14-15H,6-10,16H2,1-3H3. The molecule has 4 heteroatoms. The maximum absolute atomic E-state index is 6.00. The number of hydrogen-bond acceptors (Lipinski definition) is 4. The summed E-state index contributed by atoms with van der Waals surface area (Å²) >= 11 is 0. The first-order valence-electron chi connectivity index (χ1n) is 7.15. The van der Waals surface area contributed by atoms with Crippen LogP contribution < -0.4 is 5.73 Å². The summed E-state index contributed by atoms with van der Waals surface area (Å²) in [5.74, 6) is 0. The van der Waals surface area contributed by atoms with Gasteiger partial charge in [0.25, 0.3) is 0 Å². The molecule has 2 rings (SSSR count). The number of nitrogens with two attached hydrogens (primary N) is 1. The van der Waals surface area contributed by atoms with E-state index < -0.39 is 0 Å². The first-order chi connectivity index (χ1) is 9.11. The van der Waals surface area contributed by atoms with Crippen LogP contribution in [0.15, 0.2) is 18.3 Å². The average molecular weight is 262 g/mol. The second-order valence-corrected chi connectivity index (χ2v) is 5.68. The van der Waals surface area contributed by atoms with Gasteiger partial charge in [-0.2, -0.15) is 0 Å². The molecular formula is C15H26N4. The van der Waals surface area contributed by atoms with Crippen molar-refractivity contribution in [2.75, 3.05) is 33.7 Å². The van der Waals surface area contributed by atoms with E-state index >= 15 is 0 Å². The molecule has 0 bridgehead atoms. The van der Waals surface area contributed by atoms with Crippen molar-refractivity contribution in [3.63, 3.8) is 0 Å². The molecule has 0 aromatic carbocycles. The molecule has 19 heavy (non-hydrogen) atoms. The third-order valence-electron chi connectivity index (χ3n) is 4.30. The Bertz CT molecular complexity index is 382. The van der Waals surface area contributed by atoms with Crippen molar-refractivity contribution < 1.29 is 0 Å². The van der Waals surface area contributed by atoms with Crippen LogP contribution in [0.2, 0.25) is 0 Å². The highest BCUT2D eigenvalue weighted by atomic mass is 15.2. The van der Waals surface area contributed by atoms with Crippen molar-refractivity contribution in [3.05, 3.63) is 29.6 Å². The van der Waals surface area contributed by atoms with Crippen molar-refractivity contribution in [3.8, 4) is 0 Å². The number of likely N-dealkylation sites (N-methyl/N-ethyl adjacent to an activating group) is 1. The Hall–Kier alpha value is -0.970. The Morgan fingerprint density at radius 2 is 2.11 bits per heavy atom. The van der Waals surface area contributed by atoms with E-state index in [1.807, 2.05) is 13.1 Å². The highest BCUT2D eigenvalue weighted by Crippen LogP contribution is 2.24. The molecule has 0 radical (unpaired) electrons. The lowest BCUT2D eigenvalue weighted by atomic mass is 9.99. The fraction of sp³-hybridized carbons (Fsp3) is 0.667. The van der Waals surface area contributed by atoms with Crippen LogP contribution in [0, 0.1) is 6.92 Å². The van der Waals surface area contributed by atoms with Gasteiger partial charge in [-0.3, -0.25) is 9.88 Å². The highest BCUT2D eigenvalue weighted by molar-refractivity contribution is 5.18. The fourth-order valence-electron chi connectivity index (χ4n) is 2.87. The van der Waals surface area contributed by atoms with E-state index in [0.29, 0.717) is 12.6 Å². The number of aryl methyl sites for hydroxylation is 1. The predicted molar refractivity (Wildman–Crippen MR) is 79.1 cm³/mol. The van der Waals surface area contributed by atoms with Gasteiger partial charge in [0, 0.05) is 30.5 Å². The molecule has 0 aliphatic carbocycles. The van der Waals surface area contributed by atoms with Gasteiger partial charge in [0.2, 0.25) is 0 Å². The van der Waals surface area contributed by atoms with Crippen LogP contribution in [0.25, 0.3) is 0 Å². The monoisotopic (exact) mass is 262 g/mol. The molecule has 1 aliphatic heterocycles. The maximum Gasteiger partial charge on any atom is 0.0485 e. The van der Waals surface area contributed by atoms with Gasteiger partial charge in [0.05, 0.1) is 0 Å². The summed E-state index contributed by atoms with van der Waals surface area (Å²) in [6.07, 6.45) is 4.42. The SMILES string of the molecule is Cc1ccc(C(CN)N(C)C2CCN(C)CC2)cn1. The lowest BCUT2D eigenvalue weighted by Crippen LogP contribution is -2.45. The lowest BCUT2D eigenvalue weighted by Gasteiger charge is -2.39. The van der Waals surface area contributed by atoms with E-state index in [9.17, 15) is 0 Å². The summed E-state index contributed by atoms with van der Waals surface area (Å²) < 4.78 is 0. The Labute approximate surface area is 116 Å². The van der Waals surface area contributed by atoms with E-state index in [0.717, 1.165) is 5.69 Å². The van der Waals surface area contributed by atoms with Gasteiger partial charge in [0.15, 0.2) is 0 Å². The summed E-state index contributed by atoms with van der Waals surface area (Å²) in [6.45, 7) is 5.02. The van der Waals surface area contributed by atoms with Crippen LogP contribution in [0.3, 0.4) is 0 Å². The van der Waals surface area contributed by atoms with Crippen LogP contribution in [0.4, 0.5) is 0 Å². The van der Waals surface area contributed by atoms with Gasteiger partial charge in [0.1, 0.15) is 0 Å². The van der Waals surface area contributed by atoms with Crippen LogP contribution in [0.1, 0.15) is 30.1 Å². The van der Waals surface area contributed by atoms with E-state index in [4.69, 9.17) is 5.73 Å². The number of rotatable bonds is 4. The normalized spacial score (nSPS) is 19.8. The molecule has 1 atom stereocenters. The first-order valence-corrected chi connectivity index (χ1v) is 7.15. The van der Waals surface area contributed by atoms with Gasteiger partial charge in [-0.25, -0.2) is 0 Å². The summed E-state index contributed by atoms with van der Waals surface area (Å²) in [6, 6.07) is 5.14. The predicted octanol–water partition coefficient (Wildman–Crippen LogP) is 1.42. The average Bonchev–Trinajstić information content (AvgIpc) is 2.42. The summed E-state index contributed by atoms with van der Waals surface area (Å²) in [5.41, 5.74) is 8.29. The Kier molecular flexibility index (Phi) is 4.91. The second-order valence-electron chi connectivity index (χ2n) is 5.68. The first kappa shape index (κ1) is 14.4. The van der Waals surface area contributed by atoms with E-state index in [2.05, 4.69) is 41.0 Å². The molecule has 1 aromatic heterocycles. The minimum atomic E-state index is 0.279. The van der Waals surface area contributed by atoms with Gasteiger partial charge < -0.3 is 10.6 Å². The van der Waals surface area contributed by atoms with Gasteiger partial charge in [-0.05, 0) is 58.6 Å². The minimum absolute atomic E-state index is 0.279. The second kappa shape index (κ2) is 6.46. The zero-order valence-electron chi connectivity index (χ0n) is 12.3. The molecule has 1 aromatic rings. The third kappa shape index (κ3) is 3.53. The molecule has 1 unspecified atom stereocenters. The molecule has 1 fully saturated rings. The Balaban J connectivity index is 2.06. The topological polar surface area (TPSA) is 45.4 Å². The van der Waals surface area contributed by atoms with E-state index in [1.54, 1.807) is 0 Å².